The molecule has 0 aliphatic carbocycles. The van der Waals surface area contributed by atoms with Crippen LogP contribution in [0.4, 0.5) is 4.39 Å². The highest BCUT2D eigenvalue weighted by atomic mass is 35.5. The zero-order valence-electron chi connectivity index (χ0n) is 7.47. The van der Waals surface area contributed by atoms with Crippen LogP contribution in [0.1, 0.15) is 18.6 Å². The van der Waals surface area contributed by atoms with Crippen molar-refractivity contribution in [3.63, 3.8) is 0 Å². The lowest BCUT2D eigenvalue weighted by Gasteiger charge is -2.16. The first kappa shape index (κ1) is 11.7. The maximum absolute atomic E-state index is 13.4. The molecule has 0 radical (unpaired) electrons. The Labute approximate surface area is 91.4 Å². The molecule has 3 N–H and O–H groups in total. The molecular weight excluding hydrogens is 228 g/mol. The number of aliphatic hydroxyl groups is 1. The molecule has 0 aliphatic rings. The van der Waals surface area contributed by atoms with Crippen molar-refractivity contribution in [3.8, 4) is 0 Å². The van der Waals surface area contributed by atoms with Gasteiger partial charge < -0.3 is 10.8 Å². The molecular formula is C9H10Cl2FNO. The fourth-order valence-electron chi connectivity index (χ4n) is 1.07. The van der Waals surface area contributed by atoms with Crippen LogP contribution in [0.2, 0.25) is 10.0 Å². The van der Waals surface area contributed by atoms with E-state index in [0.29, 0.717) is 0 Å². The van der Waals surface area contributed by atoms with Crippen LogP contribution in [0.15, 0.2) is 12.1 Å². The lowest BCUT2D eigenvalue weighted by molar-refractivity contribution is 0.149. The van der Waals surface area contributed by atoms with Crippen LogP contribution in [0.25, 0.3) is 0 Å². The molecule has 1 rings (SSSR count). The Morgan fingerprint density at radius 3 is 2.50 bits per heavy atom. The molecule has 1 aromatic rings. The molecule has 0 fully saturated rings. The summed E-state index contributed by atoms with van der Waals surface area (Å²) in [6.07, 6.45) is -1.11. The largest absolute Gasteiger partial charge is 0.387 e. The minimum absolute atomic E-state index is 0.0255. The Hall–Kier alpha value is -0.350. The number of aliphatic hydroxyl groups excluding tert-OH is 1. The monoisotopic (exact) mass is 237 g/mol. The van der Waals surface area contributed by atoms with Gasteiger partial charge in [-0.3, -0.25) is 0 Å². The maximum Gasteiger partial charge on any atom is 0.147 e. The van der Waals surface area contributed by atoms with Gasteiger partial charge in [-0.1, -0.05) is 23.2 Å². The van der Waals surface area contributed by atoms with Crippen molar-refractivity contribution in [1.82, 2.24) is 0 Å². The van der Waals surface area contributed by atoms with Crippen LogP contribution in [-0.2, 0) is 0 Å². The van der Waals surface area contributed by atoms with E-state index in [1.807, 2.05) is 0 Å². The fourth-order valence-corrected chi connectivity index (χ4v) is 1.58. The minimum atomic E-state index is -1.11. The maximum atomic E-state index is 13.4. The molecule has 14 heavy (non-hydrogen) atoms. The smallest absolute Gasteiger partial charge is 0.147 e. The van der Waals surface area contributed by atoms with E-state index in [1.165, 1.54) is 12.1 Å². The average Bonchev–Trinajstić information content (AvgIpc) is 2.09. The third kappa shape index (κ3) is 2.36. The Morgan fingerprint density at radius 2 is 2.00 bits per heavy atom. The SMILES string of the molecule is C[C@H](N)[C@H](O)c1cc(Cl)cc(Cl)c1F. The second-order valence-corrected chi connectivity index (χ2v) is 3.94. The van der Waals surface area contributed by atoms with Gasteiger partial charge in [0.1, 0.15) is 5.82 Å². The second-order valence-electron chi connectivity index (χ2n) is 3.09. The molecule has 78 valence electrons. The second kappa shape index (κ2) is 4.45. The van der Waals surface area contributed by atoms with E-state index in [9.17, 15) is 9.50 Å². The van der Waals surface area contributed by atoms with Gasteiger partial charge in [-0.05, 0) is 19.1 Å². The number of rotatable bonds is 2. The van der Waals surface area contributed by atoms with Crippen molar-refractivity contribution >= 4 is 23.2 Å². The van der Waals surface area contributed by atoms with Crippen molar-refractivity contribution in [1.29, 1.82) is 0 Å². The Bertz CT molecular complexity index is 344. The molecule has 0 bridgehead atoms. The van der Waals surface area contributed by atoms with Crippen LogP contribution in [0.3, 0.4) is 0 Å². The summed E-state index contributed by atoms with van der Waals surface area (Å²) in [7, 11) is 0. The van der Waals surface area contributed by atoms with Gasteiger partial charge in [0.15, 0.2) is 0 Å². The molecule has 0 aromatic heterocycles. The summed E-state index contributed by atoms with van der Waals surface area (Å²) in [6, 6.07) is 2.01. The van der Waals surface area contributed by atoms with Gasteiger partial charge in [0.25, 0.3) is 0 Å². The zero-order chi connectivity index (χ0) is 10.9. The Morgan fingerprint density at radius 1 is 1.43 bits per heavy atom. The van der Waals surface area contributed by atoms with Gasteiger partial charge in [-0.2, -0.15) is 0 Å². The molecule has 2 atom stereocenters. The summed E-state index contributed by atoms with van der Waals surface area (Å²) in [6.45, 7) is 1.57. The third-order valence-electron chi connectivity index (χ3n) is 1.84. The van der Waals surface area contributed by atoms with Crippen LogP contribution in [-0.4, -0.2) is 11.1 Å². The lowest BCUT2D eigenvalue weighted by Crippen LogP contribution is -2.25. The van der Waals surface area contributed by atoms with Crippen LogP contribution < -0.4 is 5.73 Å². The van der Waals surface area contributed by atoms with Gasteiger partial charge in [0.2, 0.25) is 0 Å². The van der Waals surface area contributed by atoms with E-state index in [2.05, 4.69) is 0 Å². The van der Waals surface area contributed by atoms with Crippen molar-refractivity contribution < 1.29 is 9.50 Å². The molecule has 1 aromatic carbocycles. The number of hydrogen-bond donors (Lipinski definition) is 2. The fraction of sp³-hybridized carbons (Fsp3) is 0.333. The number of benzene rings is 1. The zero-order valence-corrected chi connectivity index (χ0v) is 8.98. The Kier molecular flexibility index (Phi) is 3.72. The standard InChI is InChI=1S/C9H10Cl2FNO/c1-4(13)9(14)6-2-5(10)3-7(11)8(6)12/h2-4,9,14H,13H2,1H3/t4-,9-/m0/s1. The van der Waals surface area contributed by atoms with Crippen molar-refractivity contribution in [2.24, 2.45) is 5.73 Å². The topological polar surface area (TPSA) is 46.2 Å². The summed E-state index contributed by atoms with van der Waals surface area (Å²) in [5.41, 5.74) is 5.46. The quantitative estimate of drug-likeness (QED) is 0.777. The summed E-state index contributed by atoms with van der Waals surface area (Å²) < 4.78 is 13.4. The summed E-state index contributed by atoms with van der Waals surface area (Å²) in [5, 5.41) is 9.70. The highest BCUT2D eigenvalue weighted by Gasteiger charge is 2.19. The van der Waals surface area contributed by atoms with E-state index in [4.69, 9.17) is 28.9 Å². The van der Waals surface area contributed by atoms with Crippen LogP contribution in [0, 0.1) is 5.82 Å². The normalized spacial score (nSPS) is 15.3. The predicted molar refractivity (Wildman–Crippen MR) is 55.0 cm³/mol. The molecule has 0 saturated carbocycles. The molecule has 0 aliphatic heterocycles. The molecule has 2 nitrogen and oxygen atoms in total. The summed E-state index contributed by atoms with van der Waals surface area (Å²) in [4.78, 5) is 0. The van der Waals surface area contributed by atoms with Gasteiger partial charge in [-0.15, -0.1) is 0 Å². The summed E-state index contributed by atoms with van der Waals surface area (Å²) >= 11 is 11.2. The van der Waals surface area contributed by atoms with Gasteiger partial charge in [-0.25, -0.2) is 4.39 Å². The van der Waals surface area contributed by atoms with Crippen LogP contribution in [0.5, 0.6) is 0 Å². The van der Waals surface area contributed by atoms with Gasteiger partial charge >= 0.3 is 0 Å². The minimum Gasteiger partial charge on any atom is -0.387 e. The molecule has 5 heteroatoms. The van der Waals surface area contributed by atoms with Crippen LogP contribution >= 0.6 is 23.2 Å². The van der Waals surface area contributed by atoms with Crippen molar-refractivity contribution in [2.75, 3.05) is 0 Å². The van der Waals surface area contributed by atoms with E-state index in [-0.39, 0.29) is 15.6 Å². The first-order chi connectivity index (χ1) is 6.43. The average molecular weight is 238 g/mol. The lowest BCUT2D eigenvalue weighted by atomic mass is 10.0. The highest BCUT2D eigenvalue weighted by Crippen LogP contribution is 2.28. The van der Waals surface area contributed by atoms with E-state index < -0.39 is 18.0 Å². The summed E-state index contributed by atoms with van der Waals surface area (Å²) in [5.74, 6) is -0.680. The number of halogens is 3. The molecule has 0 heterocycles. The van der Waals surface area contributed by atoms with Gasteiger partial charge in [0, 0.05) is 16.6 Å². The number of nitrogens with two attached hydrogens (primary N) is 1. The Balaban J connectivity index is 3.20. The van der Waals surface area contributed by atoms with E-state index in [1.54, 1.807) is 6.92 Å². The predicted octanol–water partition coefficient (Wildman–Crippen LogP) is 2.51. The number of hydrogen-bond acceptors (Lipinski definition) is 2. The van der Waals surface area contributed by atoms with Gasteiger partial charge in [0.05, 0.1) is 11.1 Å². The molecule has 0 unspecified atom stereocenters. The van der Waals surface area contributed by atoms with E-state index >= 15 is 0 Å². The third-order valence-corrected chi connectivity index (χ3v) is 2.33. The van der Waals surface area contributed by atoms with E-state index in [0.717, 1.165) is 0 Å². The first-order valence-corrected chi connectivity index (χ1v) is 4.77. The highest BCUT2D eigenvalue weighted by molar-refractivity contribution is 6.34. The molecule has 0 spiro atoms. The van der Waals surface area contributed by atoms with Crippen molar-refractivity contribution in [3.05, 3.63) is 33.6 Å². The van der Waals surface area contributed by atoms with Crippen molar-refractivity contribution in [2.45, 2.75) is 19.1 Å². The molecule has 0 amide bonds. The first-order valence-electron chi connectivity index (χ1n) is 4.01. The molecule has 0 saturated heterocycles.